The zero-order chi connectivity index (χ0) is 15.7. The van der Waals surface area contributed by atoms with Crippen molar-refractivity contribution in [3.8, 4) is 0 Å². The third-order valence-corrected chi connectivity index (χ3v) is 5.96. The largest absolute Gasteiger partial charge is 0.329 e. The van der Waals surface area contributed by atoms with E-state index in [9.17, 15) is 8.42 Å². The van der Waals surface area contributed by atoms with Crippen LogP contribution >= 0.6 is 0 Å². The molecule has 6 nitrogen and oxygen atoms in total. The molecule has 1 fully saturated rings. The number of hydrogen-bond donors (Lipinski definition) is 1. The minimum atomic E-state index is -3.34. The maximum Gasteiger partial charge on any atom is 0.279 e. The van der Waals surface area contributed by atoms with Crippen LogP contribution in [0.5, 0.6) is 0 Å². The van der Waals surface area contributed by atoms with Crippen molar-refractivity contribution in [2.45, 2.75) is 37.8 Å². The Kier molecular flexibility index (Phi) is 4.20. The van der Waals surface area contributed by atoms with Gasteiger partial charge in [-0.3, -0.25) is 0 Å². The van der Waals surface area contributed by atoms with Crippen molar-refractivity contribution in [3.63, 3.8) is 0 Å². The molecule has 0 bridgehead atoms. The normalized spacial score (nSPS) is 23.2. The van der Waals surface area contributed by atoms with E-state index in [-0.39, 0.29) is 6.04 Å². The van der Waals surface area contributed by atoms with E-state index in [1.807, 2.05) is 12.3 Å². The lowest BCUT2D eigenvalue weighted by Gasteiger charge is -2.30. The zero-order valence-electron chi connectivity index (χ0n) is 12.9. The Balaban J connectivity index is 1.67. The summed E-state index contributed by atoms with van der Waals surface area (Å²) >= 11 is 0. The van der Waals surface area contributed by atoms with Crippen LogP contribution < -0.4 is 4.72 Å². The van der Waals surface area contributed by atoms with Gasteiger partial charge in [0.1, 0.15) is 5.65 Å². The monoisotopic (exact) mass is 322 g/mol. The summed E-state index contributed by atoms with van der Waals surface area (Å²) < 4.78 is 30.0. The minimum absolute atomic E-state index is 0.0263. The highest BCUT2D eigenvalue weighted by atomic mass is 32.2. The second-order valence-corrected chi connectivity index (χ2v) is 7.97. The first-order chi connectivity index (χ1) is 10.5. The van der Waals surface area contributed by atoms with Crippen LogP contribution in [0.3, 0.4) is 0 Å². The Morgan fingerprint density at radius 1 is 1.23 bits per heavy atom. The number of rotatable bonds is 4. The lowest BCUT2D eigenvalue weighted by Crippen LogP contribution is -2.43. The van der Waals surface area contributed by atoms with Gasteiger partial charge in [0.15, 0.2) is 0 Å². The molecule has 2 aromatic rings. The molecule has 1 aliphatic carbocycles. The fourth-order valence-electron chi connectivity index (χ4n) is 3.07. The SMILES string of the molecule is CN(C)S(=O)(=O)NC1CCC(n2ccc3cccnc32)CC1. The van der Waals surface area contributed by atoms with Gasteiger partial charge in [0, 0.05) is 44.0 Å². The summed E-state index contributed by atoms with van der Waals surface area (Å²) in [6.45, 7) is 0. The van der Waals surface area contributed by atoms with E-state index >= 15 is 0 Å². The molecule has 1 aliphatic rings. The summed E-state index contributed by atoms with van der Waals surface area (Å²) in [5.74, 6) is 0. The molecule has 0 unspecified atom stereocenters. The number of nitrogens with one attached hydrogen (secondary N) is 1. The minimum Gasteiger partial charge on any atom is -0.329 e. The highest BCUT2D eigenvalue weighted by Gasteiger charge is 2.27. The average Bonchev–Trinajstić information content (AvgIpc) is 2.91. The highest BCUT2D eigenvalue weighted by molar-refractivity contribution is 7.87. The summed E-state index contributed by atoms with van der Waals surface area (Å²) in [5, 5.41) is 1.15. The van der Waals surface area contributed by atoms with Crippen LogP contribution in [0.25, 0.3) is 11.0 Å². The predicted molar refractivity (Wildman–Crippen MR) is 86.8 cm³/mol. The molecule has 0 aromatic carbocycles. The molecule has 0 amide bonds. The average molecular weight is 322 g/mol. The van der Waals surface area contributed by atoms with E-state index < -0.39 is 10.2 Å². The molecule has 2 heterocycles. The Morgan fingerprint density at radius 3 is 2.64 bits per heavy atom. The molecule has 0 aliphatic heterocycles. The van der Waals surface area contributed by atoms with E-state index in [1.165, 1.54) is 4.31 Å². The van der Waals surface area contributed by atoms with Gasteiger partial charge in [0.2, 0.25) is 0 Å². The number of hydrogen-bond acceptors (Lipinski definition) is 3. The van der Waals surface area contributed by atoms with Crippen molar-refractivity contribution < 1.29 is 8.42 Å². The summed E-state index contributed by atoms with van der Waals surface area (Å²) in [4.78, 5) is 4.46. The van der Waals surface area contributed by atoms with Gasteiger partial charge in [-0.25, -0.2) is 4.98 Å². The number of nitrogens with zero attached hydrogens (tertiary/aromatic N) is 3. The first-order valence-corrected chi connectivity index (χ1v) is 9.03. The van der Waals surface area contributed by atoms with E-state index in [4.69, 9.17) is 0 Å². The van der Waals surface area contributed by atoms with Gasteiger partial charge in [-0.2, -0.15) is 17.4 Å². The van der Waals surface area contributed by atoms with Crippen LogP contribution in [0.15, 0.2) is 30.6 Å². The summed E-state index contributed by atoms with van der Waals surface area (Å²) in [5.41, 5.74) is 1.01. The maximum atomic E-state index is 11.9. The van der Waals surface area contributed by atoms with Crippen molar-refractivity contribution in [2.24, 2.45) is 0 Å². The molecule has 0 atom stereocenters. The van der Waals surface area contributed by atoms with Gasteiger partial charge in [-0.1, -0.05) is 0 Å². The van der Waals surface area contributed by atoms with Crippen molar-refractivity contribution in [3.05, 3.63) is 30.6 Å². The van der Waals surface area contributed by atoms with Gasteiger partial charge < -0.3 is 4.57 Å². The zero-order valence-corrected chi connectivity index (χ0v) is 13.8. The van der Waals surface area contributed by atoms with Crippen LogP contribution in [0.1, 0.15) is 31.7 Å². The standard InChI is InChI=1S/C15H22N4O2S/c1-18(2)22(20,21)17-13-5-7-14(8-6-13)19-11-9-12-4-3-10-16-15(12)19/h3-4,9-11,13-14,17H,5-8H2,1-2H3. The van der Waals surface area contributed by atoms with Crippen LogP contribution in [-0.2, 0) is 10.2 Å². The molecule has 1 saturated carbocycles. The van der Waals surface area contributed by atoms with Crippen molar-refractivity contribution in [1.82, 2.24) is 18.6 Å². The fourth-order valence-corrected chi connectivity index (χ4v) is 3.94. The summed E-state index contributed by atoms with van der Waals surface area (Å²) in [6, 6.07) is 6.52. The topological polar surface area (TPSA) is 67.2 Å². The van der Waals surface area contributed by atoms with E-state index in [0.717, 1.165) is 36.7 Å². The smallest absolute Gasteiger partial charge is 0.279 e. The first-order valence-electron chi connectivity index (χ1n) is 7.59. The molecule has 3 rings (SSSR count). The predicted octanol–water partition coefficient (Wildman–Crippen LogP) is 1.92. The van der Waals surface area contributed by atoms with E-state index in [2.05, 4.69) is 32.6 Å². The molecule has 0 saturated heterocycles. The second kappa shape index (κ2) is 5.98. The molecule has 0 spiro atoms. The third-order valence-electron chi connectivity index (χ3n) is 4.36. The fraction of sp³-hybridized carbons (Fsp3) is 0.533. The Morgan fingerprint density at radius 2 is 1.95 bits per heavy atom. The van der Waals surface area contributed by atoms with E-state index in [1.54, 1.807) is 14.1 Å². The van der Waals surface area contributed by atoms with Gasteiger partial charge in [0.05, 0.1) is 0 Å². The van der Waals surface area contributed by atoms with Crippen LogP contribution in [0, 0.1) is 0 Å². The van der Waals surface area contributed by atoms with E-state index in [0.29, 0.717) is 6.04 Å². The van der Waals surface area contributed by atoms with Crippen molar-refractivity contribution in [1.29, 1.82) is 0 Å². The molecular weight excluding hydrogens is 300 g/mol. The van der Waals surface area contributed by atoms with Crippen LogP contribution in [-0.4, -0.2) is 42.4 Å². The lowest BCUT2D eigenvalue weighted by atomic mass is 9.91. The van der Waals surface area contributed by atoms with Gasteiger partial charge in [-0.15, -0.1) is 0 Å². The number of aromatic nitrogens is 2. The molecule has 120 valence electrons. The van der Waals surface area contributed by atoms with Crippen LogP contribution in [0.4, 0.5) is 0 Å². The van der Waals surface area contributed by atoms with Gasteiger partial charge >= 0.3 is 0 Å². The molecule has 7 heteroatoms. The lowest BCUT2D eigenvalue weighted by molar-refractivity contribution is 0.312. The highest BCUT2D eigenvalue weighted by Crippen LogP contribution is 2.31. The number of pyridine rings is 1. The van der Waals surface area contributed by atoms with Crippen LogP contribution in [0.2, 0.25) is 0 Å². The van der Waals surface area contributed by atoms with Crippen molar-refractivity contribution in [2.75, 3.05) is 14.1 Å². The molecule has 0 radical (unpaired) electrons. The molecular formula is C15H22N4O2S. The Hall–Kier alpha value is -1.44. The third kappa shape index (κ3) is 3.02. The summed E-state index contributed by atoms with van der Waals surface area (Å²) in [7, 11) is -0.245. The van der Waals surface area contributed by atoms with Gasteiger partial charge in [-0.05, 0) is 43.9 Å². The summed E-state index contributed by atoms with van der Waals surface area (Å²) in [6.07, 6.45) is 7.53. The quantitative estimate of drug-likeness (QED) is 0.935. The molecule has 2 aromatic heterocycles. The second-order valence-electron chi connectivity index (χ2n) is 6.05. The number of fused-ring (bicyclic) bond motifs is 1. The molecule has 22 heavy (non-hydrogen) atoms. The Bertz CT molecular complexity index is 746. The Labute approximate surface area is 131 Å². The van der Waals surface area contributed by atoms with Gasteiger partial charge in [0.25, 0.3) is 10.2 Å². The van der Waals surface area contributed by atoms with Crippen molar-refractivity contribution >= 4 is 21.2 Å². The molecule has 1 N–H and O–H groups in total. The maximum absolute atomic E-state index is 11.9. The first kappa shape index (κ1) is 15.5.